The van der Waals surface area contributed by atoms with E-state index in [0.29, 0.717) is 32.7 Å². The van der Waals surface area contributed by atoms with Crippen molar-refractivity contribution in [2.24, 2.45) is 0 Å². The lowest BCUT2D eigenvalue weighted by Gasteiger charge is -2.26. The van der Waals surface area contributed by atoms with Crippen molar-refractivity contribution in [3.05, 3.63) is 47.5 Å². The van der Waals surface area contributed by atoms with Crippen molar-refractivity contribution in [1.29, 1.82) is 0 Å². The van der Waals surface area contributed by atoms with E-state index in [9.17, 15) is 9.90 Å². The molecule has 1 amide bonds. The third-order valence-electron chi connectivity index (χ3n) is 3.39. The van der Waals surface area contributed by atoms with Crippen LogP contribution in [0.4, 0.5) is 0 Å². The fraction of sp³-hybridized carbons (Fsp3) is 0.438. The van der Waals surface area contributed by atoms with Crippen LogP contribution in [-0.4, -0.2) is 42.2 Å². The number of ether oxygens (including phenoxy) is 1. The Morgan fingerprint density at radius 1 is 1.35 bits per heavy atom. The van der Waals surface area contributed by atoms with E-state index in [2.05, 4.69) is 0 Å². The molecule has 1 aromatic rings. The van der Waals surface area contributed by atoms with Gasteiger partial charge in [-0.1, -0.05) is 35.9 Å². The second-order valence-electron chi connectivity index (χ2n) is 5.06. The van der Waals surface area contributed by atoms with Gasteiger partial charge in [0.2, 0.25) is 5.91 Å². The van der Waals surface area contributed by atoms with E-state index in [4.69, 9.17) is 4.74 Å². The largest absolute Gasteiger partial charge is 0.388 e. The Hall–Kier alpha value is -1.65. The van der Waals surface area contributed by atoms with Gasteiger partial charge in [-0.25, -0.2) is 0 Å². The van der Waals surface area contributed by atoms with Crippen LogP contribution in [0.15, 0.2) is 42.0 Å². The highest BCUT2D eigenvalue weighted by atomic mass is 16.5. The number of carbonyl (C=O) groups excluding carboxylic acids is 1. The molecule has 20 heavy (non-hydrogen) atoms. The van der Waals surface area contributed by atoms with Crippen LogP contribution in [0, 0.1) is 0 Å². The molecular weight excluding hydrogens is 254 g/mol. The second kappa shape index (κ2) is 7.22. The van der Waals surface area contributed by atoms with Crippen LogP contribution in [0.5, 0.6) is 0 Å². The molecule has 1 aliphatic heterocycles. The zero-order valence-corrected chi connectivity index (χ0v) is 11.8. The van der Waals surface area contributed by atoms with E-state index in [1.807, 2.05) is 37.3 Å². The number of aliphatic hydroxyl groups is 1. The molecule has 1 N–H and O–H groups in total. The summed E-state index contributed by atoms with van der Waals surface area (Å²) in [6.45, 7) is 4.37. The summed E-state index contributed by atoms with van der Waals surface area (Å²) in [6, 6.07) is 9.50. The molecule has 1 aromatic carbocycles. The summed E-state index contributed by atoms with van der Waals surface area (Å²) in [5.41, 5.74) is 1.76. The molecule has 0 radical (unpaired) electrons. The van der Waals surface area contributed by atoms with Crippen molar-refractivity contribution in [2.45, 2.75) is 19.4 Å². The molecule has 108 valence electrons. The molecule has 1 aliphatic rings. The Balaban J connectivity index is 1.91. The summed E-state index contributed by atoms with van der Waals surface area (Å²) in [4.78, 5) is 13.8. The highest BCUT2D eigenvalue weighted by Gasteiger charge is 2.15. The van der Waals surface area contributed by atoms with Crippen LogP contribution >= 0.6 is 0 Å². The number of carbonyl (C=O) groups is 1. The summed E-state index contributed by atoms with van der Waals surface area (Å²) in [7, 11) is 0. The maximum atomic E-state index is 12.0. The highest BCUT2D eigenvalue weighted by molar-refractivity contribution is 5.88. The monoisotopic (exact) mass is 275 g/mol. The molecule has 0 aliphatic carbocycles. The van der Waals surface area contributed by atoms with Gasteiger partial charge >= 0.3 is 0 Å². The molecule has 0 unspecified atom stereocenters. The number of nitrogens with zero attached hydrogens (tertiary/aromatic N) is 1. The lowest BCUT2D eigenvalue weighted by atomic mass is 10.0. The molecule has 1 heterocycles. The minimum absolute atomic E-state index is 0.00561. The maximum absolute atomic E-state index is 12.0. The topological polar surface area (TPSA) is 49.8 Å². The van der Waals surface area contributed by atoms with E-state index < -0.39 is 6.10 Å². The summed E-state index contributed by atoms with van der Waals surface area (Å²) < 4.78 is 5.22. The Bertz CT molecular complexity index is 464. The minimum Gasteiger partial charge on any atom is -0.388 e. The number of hydrogen-bond donors (Lipinski definition) is 1. The van der Waals surface area contributed by atoms with Crippen molar-refractivity contribution in [2.75, 3.05) is 26.3 Å². The molecule has 0 spiro atoms. The third kappa shape index (κ3) is 4.18. The maximum Gasteiger partial charge on any atom is 0.246 e. The average molecular weight is 275 g/mol. The quantitative estimate of drug-likeness (QED) is 0.854. The fourth-order valence-corrected chi connectivity index (χ4v) is 2.24. The van der Waals surface area contributed by atoms with Crippen molar-refractivity contribution in [3.63, 3.8) is 0 Å². The zero-order valence-electron chi connectivity index (χ0n) is 11.8. The Morgan fingerprint density at radius 3 is 2.65 bits per heavy atom. The Kier molecular flexibility index (Phi) is 5.32. The number of rotatable bonds is 4. The van der Waals surface area contributed by atoms with Gasteiger partial charge in [0.25, 0.3) is 0 Å². The standard InChI is InChI=1S/C16H21NO3/c1-13(11-15(18)14-5-3-2-4-6-14)12-16(19)17-7-9-20-10-8-17/h2-6,12,15,18H,7-11H2,1H3/b13-12-/t15-/m1/s1. The molecule has 1 saturated heterocycles. The van der Waals surface area contributed by atoms with E-state index >= 15 is 0 Å². The first-order valence-corrected chi connectivity index (χ1v) is 6.93. The van der Waals surface area contributed by atoms with E-state index in [1.165, 1.54) is 0 Å². The lowest BCUT2D eigenvalue weighted by Crippen LogP contribution is -2.39. The first-order chi connectivity index (χ1) is 9.66. The van der Waals surface area contributed by atoms with Gasteiger partial charge in [-0.05, 0) is 18.9 Å². The molecule has 0 aromatic heterocycles. The summed E-state index contributed by atoms with van der Waals surface area (Å²) in [5, 5.41) is 10.1. The SMILES string of the molecule is C/C(=C/C(=O)N1CCOCC1)C[C@@H](O)c1ccccc1. The molecule has 0 saturated carbocycles. The minimum atomic E-state index is -0.565. The molecule has 0 bridgehead atoms. The van der Waals surface area contributed by atoms with Gasteiger partial charge in [0.1, 0.15) is 0 Å². The average Bonchev–Trinajstić information content (AvgIpc) is 2.49. The molecular formula is C16H21NO3. The van der Waals surface area contributed by atoms with Crippen molar-refractivity contribution in [3.8, 4) is 0 Å². The number of benzene rings is 1. The summed E-state index contributed by atoms with van der Waals surface area (Å²) in [6.07, 6.45) is 1.53. The van der Waals surface area contributed by atoms with Gasteiger partial charge < -0.3 is 14.7 Å². The normalized spacial score (nSPS) is 17.9. The number of amides is 1. The van der Waals surface area contributed by atoms with Gasteiger partial charge in [-0.3, -0.25) is 4.79 Å². The van der Waals surface area contributed by atoms with Gasteiger partial charge in [0.05, 0.1) is 19.3 Å². The van der Waals surface area contributed by atoms with Crippen LogP contribution in [0.1, 0.15) is 25.0 Å². The second-order valence-corrected chi connectivity index (χ2v) is 5.06. The predicted octanol–water partition coefficient (Wildman–Crippen LogP) is 1.92. The third-order valence-corrected chi connectivity index (χ3v) is 3.39. The van der Waals surface area contributed by atoms with E-state index in [-0.39, 0.29) is 5.91 Å². The first-order valence-electron chi connectivity index (χ1n) is 6.93. The van der Waals surface area contributed by atoms with Gasteiger partial charge in [0.15, 0.2) is 0 Å². The smallest absolute Gasteiger partial charge is 0.246 e. The molecule has 2 rings (SSSR count). The molecule has 1 fully saturated rings. The lowest BCUT2D eigenvalue weighted by molar-refractivity contribution is -0.130. The van der Waals surface area contributed by atoms with Crippen molar-refractivity contribution >= 4 is 5.91 Å². The van der Waals surface area contributed by atoms with Crippen molar-refractivity contribution in [1.82, 2.24) is 4.90 Å². The van der Waals surface area contributed by atoms with Crippen LogP contribution in [-0.2, 0) is 9.53 Å². The van der Waals surface area contributed by atoms with E-state index in [0.717, 1.165) is 11.1 Å². The molecule has 4 nitrogen and oxygen atoms in total. The van der Waals surface area contributed by atoms with Gasteiger partial charge in [-0.15, -0.1) is 0 Å². The summed E-state index contributed by atoms with van der Waals surface area (Å²) >= 11 is 0. The Labute approximate surface area is 119 Å². The summed E-state index contributed by atoms with van der Waals surface area (Å²) in [5.74, 6) is 0.00561. The number of morpholine rings is 1. The first kappa shape index (κ1) is 14.8. The molecule has 1 atom stereocenters. The zero-order chi connectivity index (χ0) is 14.4. The fourth-order valence-electron chi connectivity index (χ4n) is 2.24. The molecule has 4 heteroatoms. The van der Waals surface area contributed by atoms with Gasteiger partial charge in [0, 0.05) is 19.2 Å². The van der Waals surface area contributed by atoms with Crippen LogP contribution in [0.25, 0.3) is 0 Å². The number of hydrogen-bond acceptors (Lipinski definition) is 3. The highest BCUT2D eigenvalue weighted by Crippen LogP contribution is 2.20. The van der Waals surface area contributed by atoms with Crippen LogP contribution in [0.2, 0.25) is 0 Å². The van der Waals surface area contributed by atoms with Gasteiger partial charge in [-0.2, -0.15) is 0 Å². The number of aliphatic hydroxyl groups excluding tert-OH is 1. The Morgan fingerprint density at radius 2 is 2.00 bits per heavy atom. The van der Waals surface area contributed by atoms with Crippen molar-refractivity contribution < 1.29 is 14.6 Å². The van der Waals surface area contributed by atoms with E-state index in [1.54, 1.807) is 11.0 Å². The van der Waals surface area contributed by atoms with Crippen LogP contribution < -0.4 is 0 Å². The predicted molar refractivity (Wildman–Crippen MR) is 77.2 cm³/mol. The van der Waals surface area contributed by atoms with Crippen LogP contribution in [0.3, 0.4) is 0 Å².